The summed E-state index contributed by atoms with van der Waals surface area (Å²) >= 11 is 0. The molecule has 3 rings (SSSR count). The standard InChI is InChI=1S/C20H21NO2/c1-21-17(10-8-15-6-4-5-7-19(15)21)11-9-16-14-18(22-2)12-13-20(16)23-3/h4-14,17H,1-3H3/b11-9+. The SMILES string of the molecule is COc1ccc(OC)c(/C=C/C2C=Cc3ccccc3N2C)c1. The maximum atomic E-state index is 5.43. The average Bonchev–Trinajstić information content (AvgIpc) is 2.61. The lowest BCUT2D eigenvalue weighted by atomic mass is 10.0. The molecule has 0 N–H and O–H groups in total. The summed E-state index contributed by atoms with van der Waals surface area (Å²) in [5.74, 6) is 1.66. The van der Waals surface area contributed by atoms with Gasteiger partial charge in [0, 0.05) is 18.3 Å². The van der Waals surface area contributed by atoms with Crippen molar-refractivity contribution >= 4 is 17.8 Å². The number of para-hydroxylation sites is 1. The molecule has 0 saturated carbocycles. The topological polar surface area (TPSA) is 21.7 Å². The molecule has 1 heterocycles. The number of ether oxygens (including phenoxy) is 2. The number of hydrogen-bond acceptors (Lipinski definition) is 3. The quantitative estimate of drug-likeness (QED) is 0.843. The van der Waals surface area contributed by atoms with Crippen LogP contribution in [0.5, 0.6) is 11.5 Å². The molecule has 118 valence electrons. The van der Waals surface area contributed by atoms with Gasteiger partial charge in [0.25, 0.3) is 0 Å². The summed E-state index contributed by atoms with van der Waals surface area (Å²) < 4.78 is 10.7. The highest BCUT2D eigenvalue weighted by Crippen LogP contribution is 2.29. The summed E-state index contributed by atoms with van der Waals surface area (Å²) in [5.41, 5.74) is 3.49. The van der Waals surface area contributed by atoms with Crippen LogP contribution >= 0.6 is 0 Å². The first-order valence-electron chi connectivity index (χ1n) is 7.63. The number of methoxy groups -OCH3 is 2. The van der Waals surface area contributed by atoms with Crippen molar-refractivity contribution in [3.63, 3.8) is 0 Å². The number of benzene rings is 2. The molecule has 1 atom stereocenters. The first-order valence-corrected chi connectivity index (χ1v) is 7.63. The minimum atomic E-state index is 0.209. The van der Waals surface area contributed by atoms with Crippen molar-refractivity contribution in [2.24, 2.45) is 0 Å². The van der Waals surface area contributed by atoms with Crippen molar-refractivity contribution in [3.8, 4) is 11.5 Å². The molecule has 3 heteroatoms. The second-order valence-electron chi connectivity index (χ2n) is 5.49. The zero-order valence-electron chi connectivity index (χ0n) is 13.7. The molecular formula is C20H21NO2. The van der Waals surface area contributed by atoms with Gasteiger partial charge in [0.05, 0.1) is 20.3 Å². The molecule has 0 radical (unpaired) electrons. The van der Waals surface area contributed by atoms with Gasteiger partial charge in [-0.05, 0) is 29.8 Å². The van der Waals surface area contributed by atoms with E-state index in [-0.39, 0.29) is 6.04 Å². The maximum Gasteiger partial charge on any atom is 0.126 e. The summed E-state index contributed by atoms with van der Waals surface area (Å²) in [5, 5.41) is 0. The van der Waals surface area contributed by atoms with Gasteiger partial charge < -0.3 is 14.4 Å². The number of fused-ring (bicyclic) bond motifs is 1. The molecule has 0 spiro atoms. The highest BCUT2D eigenvalue weighted by Gasteiger charge is 2.16. The third-order valence-corrected chi connectivity index (χ3v) is 4.15. The maximum absolute atomic E-state index is 5.43. The normalized spacial score (nSPS) is 16.5. The monoisotopic (exact) mass is 307 g/mol. The van der Waals surface area contributed by atoms with Gasteiger partial charge in [0.2, 0.25) is 0 Å². The lowest BCUT2D eigenvalue weighted by molar-refractivity contribution is 0.402. The minimum Gasteiger partial charge on any atom is -0.497 e. The molecule has 0 saturated heterocycles. The third kappa shape index (κ3) is 3.09. The smallest absolute Gasteiger partial charge is 0.126 e. The van der Waals surface area contributed by atoms with Crippen LogP contribution in [0, 0.1) is 0 Å². The van der Waals surface area contributed by atoms with Crippen LogP contribution in [0.2, 0.25) is 0 Å². The fraction of sp³-hybridized carbons (Fsp3) is 0.200. The number of anilines is 1. The van der Waals surface area contributed by atoms with E-state index in [1.54, 1.807) is 14.2 Å². The van der Waals surface area contributed by atoms with Crippen LogP contribution in [0.1, 0.15) is 11.1 Å². The lowest BCUT2D eigenvalue weighted by Crippen LogP contribution is -2.30. The number of nitrogens with zero attached hydrogens (tertiary/aromatic N) is 1. The molecule has 3 nitrogen and oxygen atoms in total. The van der Waals surface area contributed by atoms with Gasteiger partial charge in [-0.1, -0.05) is 42.5 Å². The van der Waals surface area contributed by atoms with Crippen LogP contribution in [-0.4, -0.2) is 27.3 Å². The Labute approximate surface area is 137 Å². The van der Waals surface area contributed by atoms with Gasteiger partial charge in [-0.25, -0.2) is 0 Å². The number of hydrogen-bond donors (Lipinski definition) is 0. The molecule has 0 bridgehead atoms. The van der Waals surface area contributed by atoms with E-state index in [4.69, 9.17) is 9.47 Å². The van der Waals surface area contributed by atoms with Crippen molar-refractivity contribution in [2.75, 3.05) is 26.2 Å². The Morgan fingerprint density at radius 3 is 2.65 bits per heavy atom. The summed E-state index contributed by atoms with van der Waals surface area (Å²) in [6.45, 7) is 0. The zero-order chi connectivity index (χ0) is 16.2. The summed E-state index contributed by atoms with van der Waals surface area (Å²) in [6, 6.07) is 14.4. The Kier molecular flexibility index (Phi) is 4.38. The zero-order valence-corrected chi connectivity index (χ0v) is 13.7. The highest BCUT2D eigenvalue weighted by molar-refractivity contribution is 5.73. The van der Waals surface area contributed by atoms with Crippen molar-refractivity contribution in [1.82, 2.24) is 0 Å². The largest absolute Gasteiger partial charge is 0.497 e. The first-order chi connectivity index (χ1) is 11.2. The molecule has 2 aromatic rings. The first kappa shape index (κ1) is 15.2. The Bertz CT molecular complexity index is 749. The summed E-state index contributed by atoms with van der Waals surface area (Å²) in [7, 11) is 5.46. The van der Waals surface area contributed by atoms with E-state index in [9.17, 15) is 0 Å². The van der Waals surface area contributed by atoms with E-state index >= 15 is 0 Å². The van der Waals surface area contributed by atoms with Gasteiger partial charge in [-0.15, -0.1) is 0 Å². The second kappa shape index (κ2) is 6.61. The van der Waals surface area contributed by atoms with Gasteiger partial charge in [-0.3, -0.25) is 0 Å². The molecule has 1 aliphatic heterocycles. The van der Waals surface area contributed by atoms with E-state index in [2.05, 4.69) is 60.5 Å². The van der Waals surface area contributed by atoms with Crippen LogP contribution in [0.3, 0.4) is 0 Å². The van der Waals surface area contributed by atoms with Crippen molar-refractivity contribution in [2.45, 2.75) is 6.04 Å². The number of likely N-dealkylation sites (N-methyl/N-ethyl adjacent to an activating group) is 1. The Hall–Kier alpha value is -2.68. The molecule has 0 aliphatic carbocycles. The molecule has 0 fully saturated rings. The molecule has 2 aromatic carbocycles. The molecule has 1 aliphatic rings. The fourth-order valence-corrected chi connectivity index (χ4v) is 2.81. The van der Waals surface area contributed by atoms with Gasteiger partial charge in [0.15, 0.2) is 0 Å². The van der Waals surface area contributed by atoms with Crippen LogP contribution < -0.4 is 14.4 Å². The van der Waals surface area contributed by atoms with Gasteiger partial charge >= 0.3 is 0 Å². The average molecular weight is 307 g/mol. The predicted octanol–water partition coefficient (Wildman–Crippen LogP) is 4.25. The molecule has 0 aromatic heterocycles. The Morgan fingerprint density at radius 1 is 1.04 bits per heavy atom. The minimum absolute atomic E-state index is 0.209. The fourth-order valence-electron chi connectivity index (χ4n) is 2.81. The van der Waals surface area contributed by atoms with Crippen LogP contribution in [-0.2, 0) is 0 Å². The summed E-state index contributed by atoms with van der Waals surface area (Å²) in [4.78, 5) is 2.26. The van der Waals surface area contributed by atoms with Gasteiger partial charge in [0.1, 0.15) is 11.5 Å². The van der Waals surface area contributed by atoms with Crippen LogP contribution in [0.4, 0.5) is 5.69 Å². The lowest BCUT2D eigenvalue weighted by Gasteiger charge is -2.30. The highest BCUT2D eigenvalue weighted by atomic mass is 16.5. The van der Waals surface area contributed by atoms with Crippen LogP contribution in [0.25, 0.3) is 12.2 Å². The summed E-state index contributed by atoms with van der Waals surface area (Å²) in [6.07, 6.45) is 8.63. The molecular weight excluding hydrogens is 286 g/mol. The number of rotatable bonds is 4. The van der Waals surface area contributed by atoms with Crippen molar-refractivity contribution < 1.29 is 9.47 Å². The Balaban J connectivity index is 1.87. The molecule has 1 unspecified atom stereocenters. The Morgan fingerprint density at radius 2 is 1.87 bits per heavy atom. The van der Waals surface area contributed by atoms with Crippen molar-refractivity contribution in [3.05, 3.63) is 65.7 Å². The predicted molar refractivity (Wildman–Crippen MR) is 96.2 cm³/mol. The molecule has 0 amide bonds. The van der Waals surface area contributed by atoms with E-state index in [1.165, 1.54) is 11.3 Å². The van der Waals surface area contributed by atoms with Crippen LogP contribution in [0.15, 0.2) is 54.6 Å². The van der Waals surface area contributed by atoms with Gasteiger partial charge in [-0.2, -0.15) is 0 Å². The second-order valence-corrected chi connectivity index (χ2v) is 5.49. The van der Waals surface area contributed by atoms with E-state index in [0.717, 1.165) is 17.1 Å². The van der Waals surface area contributed by atoms with E-state index in [1.807, 2.05) is 18.2 Å². The van der Waals surface area contributed by atoms with E-state index < -0.39 is 0 Å². The third-order valence-electron chi connectivity index (χ3n) is 4.15. The molecule has 23 heavy (non-hydrogen) atoms. The van der Waals surface area contributed by atoms with Crippen molar-refractivity contribution in [1.29, 1.82) is 0 Å². The van der Waals surface area contributed by atoms with E-state index in [0.29, 0.717) is 0 Å².